The topological polar surface area (TPSA) is 110 Å². The van der Waals surface area contributed by atoms with Gasteiger partial charge in [-0.05, 0) is 41.6 Å². The Labute approximate surface area is 208 Å². The van der Waals surface area contributed by atoms with E-state index in [0.29, 0.717) is 13.1 Å². The summed E-state index contributed by atoms with van der Waals surface area (Å²) in [5.41, 5.74) is 1.77. The SMILES string of the molecule is COCCN(CC(=O)N(Cc1ccccc1)Cc1sccc1C)S(=O)(=O)c1ccc([N+](=O)[O-])cc1. The van der Waals surface area contributed by atoms with E-state index in [2.05, 4.69) is 0 Å². The van der Waals surface area contributed by atoms with E-state index in [0.717, 1.165) is 32.4 Å². The molecule has 0 fully saturated rings. The number of hydrogen-bond acceptors (Lipinski definition) is 7. The first-order chi connectivity index (χ1) is 16.7. The third kappa shape index (κ3) is 6.95. The van der Waals surface area contributed by atoms with E-state index in [-0.39, 0.29) is 36.2 Å². The lowest BCUT2D eigenvalue weighted by molar-refractivity contribution is -0.384. The number of aryl methyl sites for hydroxylation is 1. The van der Waals surface area contributed by atoms with Crippen LogP contribution in [0, 0.1) is 17.0 Å². The predicted octanol–water partition coefficient (Wildman–Crippen LogP) is 3.83. The zero-order valence-electron chi connectivity index (χ0n) is 19.5. The number of thiophene rings is 1. The van der Waals surface area contributed by atoms with Crippen LogP contribution in [-0.2, 0) is 32.6 Å². The number of ether oxygens (including phenoxy) is 1. The fraction of sp³-hybridized carbons (Fsp3) is 0.292. The van der Waals surface area contributed by atoms with Crippen LogP contribution in [0.5, 0.6) is 0 Å². The van der Waals surface area contributed by atoms with Gasteiger partial charge in [0.25, 0.3) is 5.69 Å². The molecule has 0 aliphatic rings. The fourth-order valence-electron chi connectivity index (χ4n) is 3.39. The average Bonchev–Trinajstić information content (AvgIpc) is 3.26. The van der Waals surface area contributed by atoms with E-state index in [4.69, 9.17) is 4.74 Å². The van der Waals surface area contributed by atoms with Gasteiger partial charge in [0.15, 0.2) is 0 Å². The summed E-state index contributed by atoms with van der Waals surface area (Å²) in [5, 5.41) is 12.9. The lowest BCUT2D eigenvalue weighted by Gasteiger charge is -2.27. The third-order valence-electron chi connectivity index (χ3n) is 5.41. The van der Waals surface area contributed by atoms with Crippen LogP contribution >= 0.6 is 11.3 Å². The van der Waals surface area contributed by atoms with E-state index < -0.39 is 14.9 Å². The molecular formula is C24H27N3O6S2. The maximum atomic E-state index is 13.5. The minimum absolute atomic E-state index is 0.0429. The molecule has 9 nitrogen and oxygen atoms in total. The summed E-state index contributed by atoms with van der Waals surface area (Å²) >= 11 is 1.54. The molecule has 0 unspecified atom stereocenters. The Hall–Kier alpha value is -3.12. The molecule has 1 heterocycles. The van der Waals surface area contributed by atoms with Gasteiger partial charge in [-0.25, -0.2) is 8.42 Å². The minimum Gasteiger partial charge on any atom is -0.383 e. The van der Waals surface area contributed by atoms with E-state index in [1.54, 1.807) is 16.2 Å². The molecule has 11 heteroatoms. The minimum atomic E-state index is -4.10. The molecular weight excluding hydrogens is 490 g/mol. The van der Waals surface area contributed by atoms with Gasteiger partial charge in [0.1, 0.15) is 0 Å². The Morgan fingerprint density at radius 3 is 2.31 bits per heavy atom. The van der Waals surface area contributed by atoms with E-state index >= 15 is 0 Å². The number of benzene rings is 2. The van der Waals surface area contributed by atoms with Crippen molar-refractivity contribution in [1.82, 2.24) is 9.21 Å². The number of amides is 1. The van der Waals surface area contributed by atoms with Gasteiger partial charge in [0.2, 0.25) is 15.9 Å². The molecule has 1 amide bonds. The van der Waals surface area contributed by atoms with Gasteiger partial charge in [0, 0.05) is 37.2 Å². The largest absolute Gasteiger partial charge is 0.383 e. The van der Waals surface area contributed by atoms with Crippen LogP contribution in [0.2, 0.25) is 0 Å². The van der Waals surface area contributed by atoms with Crippen molar-refractivity contribution >= 4 is 33.0 Å². The first-order valence-electron chi connectivity index (χ1n) is 10.8. The molecule has 0 bridgehead atoms. The molecule has 0 radical (unpaired) electrons. The summed E-state index contributed by atoms with van der Waals surface area (Å²) in [5.74, 6) is -0.358. The molecule has 0 spiro atoms. The zero-order chi connectivity index (χ0) is 25.4. The van der Waals surface area contributed by atoms with Crippen molar-refractivity contribution in [3.05, 3.63) is 92.2 Å². The van der Waals surface area contributed by atoms with Gasteiger partial charge in [-0.2, -0.15) is 4.31 Å². The summed E-state index contributed by atoms with van der Waals surface area (Å²) in [4.78, 5) is 26.3. The number of carbonyl (C=O) groups is 1. The molecule has 35 heavy (non-hydrogen) atoms. The summed E-state index contributed by atoms with van der Waals surface area (Å²) < 4.78 is 32.8. The quantitative estimate of drug-likeness (QED) is 0.267. The Morgan fingerprint density at radius 1 is 1.06 bits per heavy atom. The number of carbonyl (C=O) groups excluding carboxylic acids is 1. The second-order valence-corrected chi connectivity index (χ2v) is 10.8. The Morgan fingerprint density at radius 2 is 1.74 bits per heavy atom. The van der Waals surface area contributed by atoms with Crippen molar-refractivity contribution in [1.29, 1.82) is 0 Å². The molecule has 3 rings (SSSR count). The number of sulfonamides is 1. The van der Waals surface area contributed by atoms with Crippen molar-refractivity contribution in [2.75, 3.05) is 26.8 Å². The standard InChI is InChI=1S/C24H27N3O6S2/c1-19-12-15-34-23(19)17-25(16-20-6-4-3-5-7-20)24(28)18-26(13-14-33-2)35(31,32)22-10-8-21(9-11-22)27(29)30/h3-12,15H,13-14,16-18H2,1-2H3. The highest BCUT2D eigenvalue weighted by atomic mass is 32.2. The van der Waals surface area contributed by atoms with Crippen molar-refractivity contribution < 1.29 is 22.9 Å². The predicted molar refractivity (Wildman–Crippen MR) is 133 cm³/mol. The zero-order valence-corrected chi connectivity index (χ0v) is 21.1. The van der Waals surface area contributed by atoms with E-state index in [9.17, 15) is 23.3 Å². The highest BCUT2D eigenvalue weighted by Gasteiger charge is 2.29. The first-order valence-corrected chi connectivity index (χ1v) is 13.1. The Bertz CT molecular complexity index is 1240. The van der Waals surface area contributed by atoms with Gasteiger partial charge in [0.05, 0.1) is 29.5 Å². The number of nitro groups is 1. The number of rotatable bonds is 12. The third-order valence-corrected chi connectivity index (χ3v) is 8.28. The second-order valence-electron chi connectivity index (χ2n) is 7.84. The van der Waals surface area contributed by atoms with Crippen molar-refractivity contribution in [3.63, 3.8) is 0 Å². The van der Waals surface area contributed by atoms with Gasteiger partial charge < -0.3 is 9.64 Å². The lowest BCUT2D eigenvalue weighted by atomic mass is 10.2. The highest BCUT2D eigenvalue weighted by molar-refractivity contribution is 7.89. The van der Waals surface area contributed by atoms with E-state index in [1.165, 1.54) is 19.2 Å². The summed E-state index contributed by atoms with van der Waals surface area (Å²) in [7, 11) is -2.66. The van der Waals surface area contributed by atoms with Crippen LogP contribution in [0.4, 0.5) is 5.69 Å². The summed E-state index contributed by atoms with van der Waals surface area (Å²) in [6.07, 6.45) is 0. The average molecular weight is 518 g/mol. The Balaban J connectivity index is 1.87. The van der Waals surface area contributed by atoms with Crippen molar-refractivity contribution in [2.24, 2.45) is 0 Å². The maximum absolute atomic E-state index is 13.5. The molecule has 0 saturated heterocycles. The maximum Gasteiger partial charge on any atom is 0.269 e. The fourth-order valence-corrected chi connectivity index (χ4v) is 5.69. The molecule has 2 aromatic carbocycles. The molecule has 0 aliphatic heterocycles. The van der Waals surface area contributed by atoms with Crippen LogP contribution < -0.4 is 0 Å². The normalized spacial score (nSPS) is 11.5. The van der Waals surface area contributed by atoms with Gasteiger partial charge in [-0.3, -0.25) is 14.9 Å². The van der Waals surface area contributed by atoms with Gasteiger partial charge >= 0.3 is 0 Å². The lowest BCUT2D eigenvalue weighted by Crippen LogP contribution is -2.43. The number of non-ortho nitro benzene ring substituents is 1. The number of nitrogens with zero attached hydrogens (tertiary/aromatic N) is 3. The van der Waals surface area contributed by atoms with Crippen LogP contribution in [0.1, 0.15) is 16.0 Å². The summed E-state index contributed by atoms with van der Waals surface area (Å²) in [6, 6.07) is 16.1. The second kappa shape index (κ2) is 12.0. The molecule has 0 aliphatic carbocycles. The van der Waals surface area contributed by atoms with Crippen LogP contribution in [0.15, 0.2) is 70.9 Å². The number of hydrogen-bond donors (Lipinski definition) is 0. The monoisotopic (exact) mass is 517 g/mol. The highest BCUT2D eigenvalue weighted by Crippen LogP contribution is 2.22. The van der Waals surface area contributed by atoms with Crippen molar-refractivity contribution in [3.8, 4) is 0 Å². The molecule has 0 N–H and O–H groups in total. The van der Waals surface area contributed by atoms with E-state index in [1.807, 2.05) is 48.7 Å². The Kier molecular flexibility index (Phi) is 9.10. The summed E-state index contributed by atoms with van der Waals surface area (Å²) in [6.45, 7) is 2.31. The number of nitro benzene ring substituents is 1. The van der Waals surface area contributed by atoms with Gasteiger partial charge in [-0.15, -0.1) is 11.3 Å². The van der Waals surface area contributed by atoms with Crippen LogP contribution in [-0.4, -0.2) is 55.3 Å². The molecule has 186 valence electrons. The smallest absolute Gasteiger partial charge is 0.269 e. The molecule has 0 atom stereocenters. The molecule has 3 aromatic rings. The molecule has 0 saturated carbocycles. The van der Waals surface area contributed by atoms with Crippen molar-refractivity contribution in [2.45, 2.75) is 24.9 Å². The number of methoxy groups -OCH3 is 1. The van der Waals surface area contributed by atoms with Gasteiger partial charge in [-0.1, -0.05) is 30.3 Å². The van der Waals surface area contributed by atoms with Crippen LogP contribution in [0.3, 0.4) is 0 Å². The molecule has 1 aromatic heterocycles. The van der Waals surface area contributed by atoms with Crippen LogP contribution in [0.25, 0.3) is 0 Å². The first kappa shape index (κ1) is 26.5.